The van der Waals surface area contributed by atoms with E-state index in [9.17, 15) is 4.79 Å². The smallest absolute Gasteiger partial charge is 0.307 e. The van der Waals surface area contributed by atoms with Crippen molar-refractivity contribution >= 4 is 11.9 Å². The molecule has 0 amide bonds. The first-order valence-corrected chi connectivity index (χ1v) is 9.68. The lowest BCUT2D eigenvalue weighted by Crippen LogP contribution is -2.46. The maximum atomic E-state index is 11.3. The van der Waals surface area contributed by atoms with E-state index in [1.54, 1.807) is 21.3 Å². The zero-order chi connectivity index (χ0) is 21.1. The number of carbonyl (C=O) groups is 1. The van der Waals surface area contributed by atoms with Gasteiger partial charge in [0.15, 0.2) is 17.5 Å². The van der Waals surface area contributed by atoms with Crippen molar-refractivity contribution in [3.63, 3.8) is 0 Å². The molecule has 9 nitrogen and oxygen atoms in total. The van der Waals surface area contributed by atoms with Gasteiger partial charge in [-0.05, 0) is 17.7 Å². The lowest BCUT2D eigenvalue weighted by Gasteiger charge is -2.35. The first-order valence-electron chi connectivity index (χ1n) is 9.68. The molecule has 1 saturated heterocycles. The van der Waals surface area contributed by atoms with Crippen LogP contribution in [0.1, 0.15) is 18.0 Å². The first-order chi connectivity index (χ1) is 14.1. The summed E-state index contributed by atoms with van der Waals surface area (Å²) in [5.41, 5.74) is 1.11. The molecule has 0 bridgehead atoms. The number of ether oxygens (including phenoxy) is 4. The van der Waals surface area contributed by atoms with E-state index in [1.165, 1.54) is 7.11 Å². The predicted octanol–water partition coefficient (Wildman–Crippen LogP) is 0.805. The second-order valence-corrected chi connectivity index (χ2v) is 6.48. The van der Waals surface area contributed by atoms with E-state index in [4.69, 9.17) is 14.2 Å². The molecule has 1 aliphatic rings. The standard InChI is InChI=1S/C20H32N4O5/c1-21-20(22-8-7-19(25)28-4)23-14-16(24-9-11-29-12-10-24)15-5-6-17(26-2)18(13-15)27-3/h5-6,13,16H,7-12,14H2,1-4H3,(H2,21,22,23). The molecular weight excluding hydrogens is 376 g/mol. The average molecular weight is 408 g/mol. The van der Waals surface area contributed by atoms with E-state index in [1.807, 2.05) is 12.1 Å². The van der Waals surface area contributed by atoms with Gasteiger partial charge in [-0.15, -0.1) is 0 Å². The second kappa shape index (κ2) is 12.1. The van der Waals surface area contributed by atoms with Gasteiger partial charge >= 0.3 is 5.97 Å². The van der Waals surface area contributed by atoms with Crippen LogP contribution in [-0.2, 0) is 14.3 Å². The van der Waals surface area contributed by atoms with Crippen LogP contribution < -0.4 is 20.1 Å². The number of hydrogen-bond acceptors (Lipinski definition) is 7. The Morgan fingerprint density at radius 1 is 1.17 bits per heavy atom. The van der Waals surface area contributed by atoms with E-state index in [-0.39, 0.29) is 18.4 Å². The minimum absolute atomic E-state index is 0.0952. The van der Waals surface area contributed by atoms with E-state index in [2.05, 4.69) is 31.3 Å². The van der Waals surface area contributed by atoms with Gasteiger partial charge in [0, 0.05) is 33.2 Å². The van der Waals surface area contributed by atoms with Crippen LogP contribution in [0.5, 0.6) is 11.5 Å². The number of rotatable bonds is 9. The minimum Gasteiger partial charge on any atom is -0.493 e. The monoisotopic (exact) mass is 408 g/mol. The summed E-state index contributed by atoms with van der Waals surface area (Å²) in [6.07, 6.45) is 0.278. The number of guanidine groups is 1. The third-order valence-electron chi connectivity index (χ3n) is 4.81. The first kappa shape index (κ1) is 22.8. The Morgan fingerprint density at radius 3 is 2.52 bits per heavy atom. The van der Waals surface area contributed by atoms with Crippen LogP contribution in [0.4, 0.5) is 0 Å². The summed E-state index contributed by atoms with van der Waals surface area (Å²) in [5, 5.41) is 6.49. The van der Waals surface area contributed by atoms with Crippen LogP contribution in [0.15, 0.2) is 23.2 Å². The van der Waals surface area contributed by atoms with E-state index < -0.39 is 0 Å². The molecule has 1 aromatic rings. The topological polar surface area (TPSA) is 93.7 Å². The third kappa shape index (κ3) is 6.79. The van der Waals surface area contributed by atoms with Crippen LogP contribution >= 0.6 is 0 Å². The maximum Gasteiger partial charge on any atom is 0.307 e. The summed E-state index contributed by atoms with van der Waals surface area (Å²) in [6.45, 7) is 4.17. The molecule has 0 saturated carbocycles. The predicted molar refractivity (Wildman–Crippen MR) is 111 cm³/mol. The Kier molecular flexibility index (Phi) is 9.52. The van der Waals surface area contributed by atoms with E-state index in [0.717, 1.165) is 18.7 Å². The van der Waals surface area contributed by atoms with Crippen molar-refractivity contribution in [2.24, 2.45) is 4.99 Å². The van der Waals surface area contributed by atoms with Crippen molar-refractivity contribution in [3.8, 4) is 11.5 Å². The Balaban J connectivity index is 2.09. The fourth-order valence-corrected chi connectivity index (χ4v) is 3.21. The SMILES string of the molecule is CN=C(NCCC(=O)OC)NCC(c1ccc(OC)c(OC)c1)N1CCOCC1. The summed E-state index contributed by atoms with van der Waals surface area (Å²) in [5.74, 6) is 1.77. The number of morpholine rings is 1. The quantitative estimate of drug-likeness (QED) is 0.352. The van der Waals surface area contributed by atoms with E-state index >= 15 is 0 Å². The molecule has 1 aromatic carbocycles. The molecule has 1 unspecified atom stereocenters. The van der Waals surface area contributed by atoms with Gasteiger partial charge in [-0.2, -0.15) is 0 Å². The summed E-state index contributed by atoms with van der Waals surface area (Å²) < 4.78 is 21.0. The fraction of sp³-hybridized carbons (Fsp3) is 0.600. The minimum atomic E-state index is -0.260. The zero-order valence-electron chi connectivity index (χ0n) is 17.7. The molecule has 1 heterocycles. The molecule has 1 fully saturated rings. The Hall–Kier alpha value is -2.52. The zero-order valence-corrected chi connectivity index (χ0v) is 17.7. The molecule has 9 heteroatoms. The van der Waals surface area contributed by atoms with Gasteiger partial charge in [0.2, 0.25) is 0 Å². The summed E-state index contributed by atoms with van der Waals surface area (Å²) >= 11 is 0. The van der Waals surface area contributed by atoms with Crippen LogP contribution in [0.2, 0.25) is 0 Å². The average Bonchev–Trinajstić information content (AvgIpc) is 2.78. The molecule has 1 aliphatic heterocycles. The highest BCUT2D eigenvalue weighted by atomic mass is 16.5. The van der Waals surface area contributed by atoms with Crippen molar-refractivity contribution < 1.29 is 23.7 Å². The molecule has 2 rings (SSSR count). The number of methoxy groups -OCH3 is 3. The second-order valence-electron chi connectivity index (χ2n) is 6.48. The Bertz CT molecular complexity index is 677. The van der Waals surface area contributed by atoms with Gasteiger partial charge in [0.1, 0.15) is 0 Å². The third-order valence-corrected chi connectivity index (χ3v) is 4.81. The molecule has 0 aliphatic carbocycles. The van der Waals surface area contributed by atoms with Gasteiger partial charge in [0.25, 0.3) is 0 Å². The summed E-state index contributed by atoms with van der Waals surface area (Å²) in [7, 11) is 6.35. The molecule has 162 valence electrons. The van der Waals surface area contributed by atoms with Crippen LogP contribution in [0.3, 0.4) is 0 Å². The van der Waals surface area contributed by atoms with Gasteiger partial charge in [-0.1, -0.05) is 6.07 Å². The van der Waals surface area contributed by atoms with Gasteiger partial charge in [0.05, 0.1) is 47.0 Å². The molecule has 0 spiro atoms. The number of nitrogens with zero attached hydrogens (tertiary/aromatic N) is 2. The number of esters is 1. The highest BCUT2D eigenvalue weighted by molar-refractivity contribution is 5.80. The fourth-order valence-electron chi connectivity index (χ4n) is 3.21. The number of nitrogens with one attached hydrogen (secondary N) is 2. The molecule has 1 atom stereocenters. The molecule has 2 N–H and O–H groups in total. The largest absolute Gasteiger partial charge is 0.493 e. The van der Waals surface area contributed by atoms with Crippen LogP contribution in [0, 0.1) is 0 Å². The van der Waals surface area contributed by atoms with Gasteiger partial charge in [-0.25, -0.2) is 0 Å². The Morgan fingerprint density at radius 2 is 1.90 bits per heavy atom. The summed E-state index contributed by atoms with van der Waals surface area (Å²) in [4.78, 5) is 17.9. The Labute approximate surface area is 172 Å². The number of hydrogen-bond donors (Lipinski definition) is 2. The van der Waals surface area contributed by atoms with Gasteiger partial charge < -0.3 is 29.6 Å². The highest BCUT2D eigenvalue weighted by Crippen LogP contribution is 2.32. The lowest BCUT2D eigenvalue weighted by atomic mass is 10.0. The number of benzene rings is 1. The molecule has 0 aromatic heterocycles. The van der Waals surface area contributed by atoms with Crippen LogP contribution in [-0.4, -0.2) is 84.6 Å². The van der Waals surface area contributed by atoms with Crippen molar-refractivity contribution in [1.29, 1.82) is 0 Å². The van der Waals surface area contributed by atoms with Gasteiger partial charge in [-0.3, -0.25) is 14.7 Å². The van der Waals surface area contributed by atoms with Crippen molar-refractivity contribution in [3.05, 3.63) is 23.8 Å². The number of carbonyl (C=O) groups excluding carboxylic acids is 1. The normalized spacial score (nSPS) is 16.1. The highest BCUT2D eigenvalue weighted by Gasteiger charge is 2.24. The van der Waals surface area contributed by atoms with E-state index in [0.29, 0.717) is 43.8 Å². The molecule has 29 heavy (non-hydrogen) atoms. The van der Waals surface area contributed by atoms with Crippen molar-refractivity contribution in [2.75, 3.05) is 67.8 Å². The summed E-state index contributed by atoms with van der Waals surface area (Å²) in [6, 6.07) is 6.08. The maximum absolute atomic E-state index is 11.3. The lowest BCUT2D eigenvalue weighted by molar-refractivity contribution is -0.140. The number of aliphatic imine (C=N–C) groups is 1. The van der Waals surface area contributed by atoms with Crippen LogP contribution in [0.25, 0.3) is 0 Å². The van der Waals surface area contributed by atoms with Crippen molar-refractivity contribution in [1.82, 2.24) is 15.5 Å². The molecular formula is C20H32N4O5. The van der Waals surface area contributed by atoms with Crippen molar-refractivity contribution in [2.45, 2.75) is 12.5 Å². The molecule has 0 radical (unpaired) electrons.